The third kappa shape index (κ3) is 3.13. The molecule has 7 nitrogen and oxygen atoms in total. The average Bonchev–Trinajstić information content (AvgIpc) is 3.20. The summed E-state index contributed by atoms with van der Waals surface area (Å²) in [5.41, 5.74) is 10.9. The van der Waals surface area contributed by atoms with Crippen LogP contribution in [0.25, 0.3) is 33.5 Å². The van der Waals surface area contributed by atoms with Crippen LogP contribution < -0.4 is 5.73 Å². The fourth-order valence-electron chi connectivity index (χ4n) is 7.33. The Morgan fingerprint density at radius 1 is 1.16 bits per heavy atom. The molecule has 2 unspecified atom stereocenters. The number of benzene rings is 2. The smallest absolute Gasteiger partial charge is 0.254 e. The second-order valence-electron chi connectivity index (χ2n) is 12.1. The molecule has 4 aliphatic rings. The van der Waals surface area contributed by atoms with Crippen LogP contribution in [0.15, 0.2) is 42.5 Å². The first-order valence-corrected chi connectivity index (χ1v) is 13.8. The normalized spacial score (nSPS) is 28.6. The number of carbonyl (C=O) groups excluding carboxylic acids is 1. The highest BCUT2D eigenvalue weighted by Crippen LogP contribution is 2.43. The number of nitrogens with two attached hydrogens (primary N) is 1. The molecule has 2 aromatic heterocycles. The lowest BCUT2D eigenvalue weighted by molar-refractivity contribution is 0.0398. The molecule has 3 N–H and O–H groups in total. The topological polar surface area (TPSA) is 89.3 Å². The summed E-state index contributed by atoms with van der Waals surface area (Å²) >= 11 is 0. The van der Waals surface area contributed by atoms with E-state index in [0.717, 1.165) is 59.8 Å². The fraction of sp³-hybridized carbons (Fsp3) is 0.467. The number of carbonyl (C=O) groups is 1. The van der Waals surface area contributed by atoms with Crippen molar-refractivity contribution < 1.29 is 9.90 Å². The van der Waals surface area contributed by atoms with Crippen molar-refractivity contribution in [2.45, 2.75) is 82.3 Å². The van der Waals surface area contributed by atoms with Crippen LogP contribution in [-0.2, 0) is 18.7 Å². The van der Waals surface area contributed by atoms with E-state index in [9.17, 15) is 9.90 Å². The Labute approximate surface area is 215 Å². The summed E-state index contributed by atoms with van der Waals surface area (Å²) in [6.45, 7) is 3.55. The largest absolute Gasteiger partial charge is 0.385 e. The SMILES string of the molecule is CC1(O)CCn2c(-c3cc4ccccc4n3CC3CC3)nc3cc(C(=O)N4C5CC[C@H]4C[C@H]5N)cc1c32. The van der Waals surface area contributed by atoms with Crippen molar-refractivity contribution in [2.24, 2.45) is 11.7 Å². The number of para-hydroxylation sites is 1. The first kappa shape index (κ1) is 21.9. The van der Waals surface area contributed by atoms with E-state index in [4.69, 9.17) is 10.7 Å². The lowest BCUT2D eigenvalue weighted by Gasteiger charge is -2.31. The van der Waals surface area contributed by atoms with Crippen LogP contribution in [0.4, 0.5) is 0 Å². The molecule has 7 heteroatoms. The molecule has 4 atom stereocenters. The van der Waals surface area contributed by atoms with E-state index >= 15 is 0 Å². The highest BCUT2D eigenvalue weighted by atomic mass is 16.3. The van der Waals surface area contributed by atoms with Gasteiger partial charge >= 0.3 is 0 Å². The van der Waals surface area contributed by atoms with E-state index in [1.54, 1.807) is 0 Å². The Bertz CT molecular complexity index is 1590. The molecular formula is C30H33N5O2. The van der Waals surface area contributed by atoms with Crippen LogP contribution in [0, 0.1) is 5.92 Å². The monoisotopic (exact) mass is 495 g/mol. The Kier molecular flexibility index (Phi) is 4.41. The molecule has 3 fully saturated rings. The molecule has 1 saturated carbocycles. The van der Waals surface area contributed by atoms with Crippen molar-refractivity contribution in [1.29, 1.82) is 0 Å². The van der Waals surface area contributed by atoms with Gasteiger partial charge in [0.15, 0.2) is 5.82 Å². The van der Waals surface area contributed by atoms with Gasteiger partial charge in [0.1, 0.15) is 0 Å². The second kappa shape index (κ2) is 7.45. The fourth-order valence-corrected chi connectivity index (χ4v) is 7.33. The van der Waals surface area contributed by atoms with Crippen molar-refractivity contribution in [3.8, 4) is 11.5 Å². The quantitative estimate of drug-likeness (QED) is 0.440. The Balaban J connectivity index is 1.31. The molecule has 5 heterocycles. The Morgan fingerprint density at radius 3 is 2.76 bits per heavy atom. The number of fused-ring (bicyclic) bond motifs is 3. The number of rotatable bonds is 4. The number of hydrogen-bond acceptors (Lipinski definition) is 4. The molecule has 2 saturated heterocycles. The van der Waals surface area contributed by atoms with E-state index < -0.39 is 5.60 Å². The van der Waals surface area contributed by atoms with Crippen molar-refractivity contribution in [3.63, 3.8) is 0 Å². The zero-order valence-electron chi connectivity index (χ0n) is 21.2. The standard InChI is InChI=1S/C30H33N5O2/c1-30(37)10-11-33-27-21(30)12-19(29(36)35-20-8-9-25(35)22(31)15-20)13-23(27)32-28(33)26-14-18-4-2-3-5-24(18)34(26)16-17-6-7-17/h2-5,12-14,17,20,22,25,37H,6-11,15-16,31H2,1H3/t20-,22+,25?,30?/m0/s1. The summed E-state index contributed by atoms with van der Waals surface area (Å²) in [5, 5.41) is 12.7. The van der Waals surface area contributed by atoms with Gasteiger partial charge in [0.25, 0.3) is 5.91 Å². The van der Waals surface area contributed by atoms with Crippen LogP contribution in [0.3, 0.4) is 0 Å². The highest BCUT2D eigenvalue weighted by molar-refractivity contribution is 6.00. The lowest BCUT2D eigenvalue weighted by Crippen LogP contribution is -2.40. The van der Waals surface area contributed by atoms with Gasteiger partial charge in [-0.15, -0.1) is 0 Å². The van der Waals surface area contributed by atoms with E-state index in [2.05, 4.69) is 39.5 Å². The summed E-state index contributed by atoms with van der Waals surface area (Å²) < 4.78 is 4.70. The summed E-state index contributed by atoms with van der Waals surface area (Å²) in [5.74, 6) is 1.68. The van der Waals surface area contributed by atoms with Crippen LogP contribution in [-0.4, -0.2) is 48.2 Å². The maximum Gasteiger partial charge on any atom is 0.254 e. The minimum Gasteiger partial charge on any atom is -0.385 e. The first-order valence-electron chi connectivity index (χ1n) is 13.8. The van der Waals surface area contributed by atoms with Crippen LogP contribution in [0.5, 0.6) is 0 Å². The number of hydrogen-bond donors (Lipinski definition) is 2. The van der Waals surface area contributed by atoms with Crippen molar-refractivity contribution >= 4 is 27.8 Å². The number of amides is 1. The average molecular weight is 496 g/mol. The van der Waals surface area contributed by atoms with Gasteiger partial charge in [-0.3, -0.25) is 4.79 Å². The molecule has 190 valence electrons. The number of nitrogens with zero attached hydrogens (tertiary/aromatic N) is 4. The molecule has 1 amide bonds. The maximum atomic E-state index is 13.8. The van der Waals surface area contributed by atoms with E-state index in [1.165, 1.54) is 23.7 Å². The minimum absolute atomic E-state index is 0.0268. The summed E-state index contributed by atoms with van der Waals surface area (Å²) in [6, 6.07) is 15.1. The number of imidazole rings is 1. The summed E-state index contributed by atoms with van der Waals surface area (Å²) in [4.78, 5) is 21.0. The van der Waals surface area contributed by atoms with Crippen molar-refractivity contribution in [3.05, 3.63) is 53.6 Å². The minimum atomic E-state index is -1.01. The van der Waals surface area contributed by atoms with Crippen LogP contribution in [0.2, 0.25) is 0 Å². The molecule has 2 bridgehead atoms. The maximum absolute atomic E-state index is 13.8. The zero-order chi connectivity index (χ0) is 25.1. The van der Waals surface area contributed by atoms with Gasteiger partial charge in [-0.05, 0) is 75.6 Å². The van der Waals surface area contributed by atoms with Crippen LogP contribution >= 0.6 is 0 Å². The predicted octanol–water partition coefficient (Wildman–Crippen LogP) is 4.38. The molecule has 4 aromatic rings. The summed E-state index contributed by atoms with van der Waals surface area (Å²) in [6.07, 6.45) is 6.04. The second-order valence-corrected chi connectivity index (χ2v) is 12.1. The van der Waals surface area contributed by atoms with Gasteiger partial charge in [0.05, 0.1) is 22.3 Å². The first-order chi connectivity index (χ1) is 17.9. The Hall–Kier alpha value is -3.16. The van der Waals surface area contributed by atoms with Gasteiger partial charge in [-0.2, -0.15) is 0 Å². The molecule has 8 rings (SSSR count). The highest BCUT2D eigenvalue weighted by Gasteiger charge is 2.47. The molecule has 37 heavy (non-hydrogen) atoms. The summed E-state index contributed by atoms with van der Waals surface area (Å²) in [7, 11) is 0. The van der Waals surface area contributed by atoms with Crippen LogP contribution in [0.1, 0.15) is 61.4 Å². The molecular weight excluding hydrogens is 462 g/mol. The van der Waals surface area contributed by atoms with Crippen molar-refractivity contribution in [2.75, 3.05) is 0 Å². The predicted molar refractivity (Wildman–Crippen MR) is 143 cm³/mol. The molecule has 0 spiro atoms. The third-order valence-electron chi connectivity index (χ3n) is 9.49. The molecule has 3 aliphatic heterocycles. The van der Waals surface area contributed by atoms with Gasteiger partial charge < -0.3 is 24.9 Å². The van der Waals surface area contributed by atoms with Gasteiger partial charge in [0.2, 0.25) is 0 Å². The van der Waals surface area contributed by atoms with E-state index in [1.807, 2.05) is 24.0 Å². The van der Waals surface area contributed by atoms with Gasteiger partial charge in [-0.25, -0.2) is 4.98 Å². The lowest BCUT2D eigenvalue weighted by atomic mass is 9.87. The van der Waals surface area contributed by atoms with E-state index in [0.29, 0.717) is 18.5 Å². The zero-order valence-corrected chi connectivity index (χ0v) is 21.2. The van der Waals surface area contributed by atoms with Gasteiger partial charge in [0, 0.05) is 53.2 Å². The number of aromatic nitrogens is 3. The van der Waals surface area contributed by atoms with Gasteiger partial charge in [-0.1, -0.05) is 18.2 Å². The van der Waals surface area contributed by atoms with E-state index in [-0.39, 0.29) is 24.0 Å². The number of aliphatic hydroxyl groups is 1. The Morgan fingerprint density at radius 2 is 2.00 bits per heavy atom. The molecule has 2 aromatic carbocycles. The molecule has 1 aliphatic carbocycles. The number of aryl methyl sites for hydroxylation is 1. The van der Waals surface area contributed by atoms with Crippen molar-refractivity contribution in [1.82, 2.24) is 19.0 Å². The third-order valence-corrected chi connectivity index (χ3v) is 9.49. The molecule has 0 radical (unpaired) electrons.